The molecule has 2 rings (SSSR count). The van der Waals surface area contributed by atoms with Crippen molar-refractivity contribution in [3.05, 3.63) is 24.2 Å². The highest BCUT2D eigenvalue weighted by atomic mass is 32.2. The largest absolute Gasteiger partial charge is 0.339 e. The lowest BCUT2D eigenvalue weighted by atomic mass is 10.1. The molecule has 1 aromatic heterocycles. The number of aromatic nitrogens is 2. The van der Waals surface area contributed by atoms with Crippen molar-refractivity contribution in [3.63, 3.8) is 0 Å². The number of hydrogen-bond donors (Lipinski definition) is 2. The molecule has 0 spiro atoms. The zero-order valence-corrected chi connectivity index (χ0v) is 10.5. The maximum absolute atomic E-state index is 11.9. The average Bonchev–Trinajstić information content (AvgIpc) is 2.76. The van der Waals surface area contributed by atoms with Crippen LogP contribution >= 0.6 is 0 Å². The second-order valence-electron chi connectivity index (χ2n) is 4.02. The molecule has 0 unspecified atom stereocenters. The Morgan fingerprint density at radius 2 is 2.41 bits per heavy atom. The number of nitrogens with one attached hydrogen (secondary N) is 2. The van der Waals surface area contributed by atoms with Gasteiger partial charge >= 0.3 is 0 Å². The van der Waals surface area contributed by atoms with E-state index in [-0.39, 0.29) is 5.03 Å². The fraction of sp³-hybridized carbons (Fsp3) is 0.500. The van der Waals surface area contributed by atoms with Crippen LogP contribution in [0.3, 0.4) is 0 Å². The molecule has 0 radical (unpaired) electrons. The molecular formula is C10H16N4O2S. The Morgan fingerprint density at radius 1 is 1.59 bits per heavy atom. The lowest BCUT2D eigenvalue weighted by molar-refractivity contribution is 0.579. The zero-order chi connectivity index (χ0) is 12.3. The minimum absolute atomic E-state index is 0.0644. The molecule has 17 heavy (non-hydrogen) atoms. The summed E-state index contributed by atoms with van der Waals surface area (Å²) in [7, 11) is -1.74. The molecule has 0 fully saturated rings. The highest BCUT2D eigenvalue weighted by molar-refractivity contribution is 7.89. The molecule has 7 heteroatoms. The van der Waals surface area contributed by atoms with Crippen LogP contribution in [0.15, 0.2) is 29.2 Å². The van der Waals surface area contributed by atoms with E-state index in [1.165, 1.54) is 12.5 Å². The van der Waals surface area contributed by atoms with Gasteiger partial charge in [0.05, 0.1) is 6.33 Å². The van der Waals surface area contributed by atoms with Crippen LogP contribution in [-0.2, 0) is 17.1 Å². The quantitative estimate of drug-likeness (QED) is 0.720. The monoisotopic (exact) mass is 256 g/mol. The number of nitrogens with zero attached hydrogens (tertiary/aromatic N) is 2. The van der Waals surface area contributed by atoms with E-state index in [4.69, 9.17) is 0 Å². The van der Waals surface area contributed by atoms with Crippen LogP contribution in [0.2, 0.25) is 0 Å². The molecule has 0 amide bonds. The van der Waals surface area contributed by atoms with Crippen molar-refractivity contribution in [3.8, 4) is 0 Å². The van der Waals surface area contributed by atoms with E-state index in [2.05, 4.69) is 15.0 Å². The van der Waals surface area contributed by atoms with Crippen molar-refractivity contribution in [1.82, 2.24) is 19.6 Å². The molecule has 2 N–H and O–H groups in total. The Morgan fingerprint density at radius 3 is 3.00 bits per heavy atom. The Kier molecular flexibility index (Phi) is 3.60. The van der Waals surface area contributed by atoms with Crippen LogP contribution in [0.25, 0.3) is 0 Å². The van der Waals surface area contributed by atoms with Crippen molar-refractivity contribution < 1.29 is 8.42 Å². The van der Waals surface area contributed by atoms with Crippen molar-refractivity contribution in [2.45, 2.75) is 11.4 Å². The number of rotatable bonds is 4. The maximum Gasteiger partial charge on any atom is 0.259 e. The maximum atomic E-state index is 11.9. The van der Waals surface area contributed by atoms with E-state index in [9.17, 15) is 8.42 Å². The van der Waals surface area contributed by atoms with Gasteiger partial charge in [-0.05, 0) is 13.0 Å². The third kappa shape index (κ3) is 3.15. The molecule has 1 aromatic rings. The summed E-state index contributed by atoms with van der Waals surface area (Å²) in [6.45, 7) is 2.07. The molecule has 0 atom stereocenters. The number of aryl methyl sites for hydroxylation is 1. The topological polar surface area (TPSA) is 76.0 Å². The number of hydrogen-bond acceptors (Lipinski definition) is 4. The summed E-state index contributed by atoms with van der Waals surface area (Å²) >= 11 is 0. The number of sulfonamides is 1. The lowest BCUT2D eigenvalue weighted by Gasteiger charge is -2.14. The highest BCUT2D eigenvalue weighted by Crippen LogP contribution is 2.07. The van der Waals surface area contributed by atoms with E-state index in [0.29, 0.717) is 6.54 Å². The second-order valence-corrected chi connectivity index (χ2v) is 5.73. The first-order chi connectivity index (χ1) is 8.08. The lowest BCUT2D eigenvalue weighted by Crippen LogP contribution is -2.29. The molecule has 0 aromatic carbocycles. The van der Waals surface area contributed by atoms with Gasteiger partial charge in [0.25, 0.3) is 10.0 Å². The van der Waals surface area contributed by atoms with Gasteiger partial charge < -0.3 is 9.88 Å². The molecule has 1 aliphatic rings. The summed E-state index contributed by atoms with van der Waals surface area (Å²) in [5, 5.41) is 3.24. The van der Waals surface area contributed by atoms with Gasteiger partial charge in [0.1, 0.15) is 0 Å². The van der Waals surface area contributed by atoms with Crippen LogP contribution < -0.4 is 10.0 Å². The molecule has 94 valence electrons. The normalized spacial score (nSPS) is 16.9. The van der Waals surface area contributed by atoms with E-state index < -0.39 is 10.0 Å². The third-order valence-electron chi connectivity index (χ3n) is 2.60. The van der Waals surface area contributed by atoms with Gasteiger partial charge in [-0.25, -0.2) is 18.1 Å². The van der Waals surface area contributed by atoms with Gasteiger partial charge in [0, 0.05) is 26.3 Å². The smallest absolute Gasteiger partial charge is 0.259 e. The highest BCUT2D eigenvalue weighted by Gasteiger charge is 2.17. The second kappa shape index (κ2) is 4.99. The first kappa shape index (κ1) is 12.3. The summed E-state index contributed by atoms with van der Waals surface area (Å²) in [6, 6.07) is 0. The Balaban J connectivity index is 2.00. The Bertz CT molecular complexity index is 518. The molecule has 0 saturated carbocycles. The van der Waals surface area contributed by atoms with Crippen LogP contribution in [0, 0.1) is 0 Å². The molecule has 0 bridgehead atoms. The summed E-state index contributed by atoms with van der Waals surface area (Å²) in [4.78, 5) is 3.83. The minimum atomic E-state index is -3.48. The molecule has 0 saturated heterocycles. The van der Waals surface area contributed by atoms with Crippen LogP contribution in [0.4, 0.5) is 0 Å². The SMILES string of the molecule is Cn1cnc(S(=O)(=O)NCC2=CCNCC2)c1. The first-order valence-electron chi connectivity index (χ1n) is 5.44. The van der Waals surface area contributed by atoms with E-state index in [0.717, 1.165) is 25.1 Å². The van der Waals surface area contributed by atoms with Gasteiger partial charge in [0.2, 0.25) is 0 Å². The van der Waals surface area contributed by atoms with E-state index >= 15 is 0 Å². The van der Waals surface area contributed by atoms with Gasteiger partial charge in [-0.1, -0.05) is 11.6 Å². The average molecular weight is 256 g/mol. The van der Waals surface area contributed by atoms with Gasteiger partial charge in [-0.3, -0.25) is 0 Å². The van der Waals surface area contributed by atoms with Gasteiger partial charge in [-0.2, -0.15) is 0 Å². The summed E-state index contributed by atoms with van der Waals surface area (Å²) in [6.07, 6.45) is 5.85. The van der Waals surface area contributed by atoms with Crippen LogP contribution in [0.5, 0.6) is 0 Å². The van der Waals surface area contributed by atoms with E-state index in [1.54, 1.807) is 11.6 Å². The predicted octanol–water partition coefficient (Wildman–Crippen LogP) is -0.382. The van der Waals surface area contributed by atoms with Crippen LogP contribution in [-0.4, -0.2) is 37.6 Å². The predicted molar refractivity (Wildman–Crippen MR) is 64.0 cm³/mol. The Hall–Kier alpha value is -1.18. The molecule has 6 nitrogen and oxygen atoms in total. The third-order valence-corrected chi connectivity index (χ3v) is 3.89. The van der Waals surface area contributed by atoms with Crippen molar-refractivity contribution in [1.29, 1.82) is 0 Å². The first-order valence-corrected chi connectivity index (χ1v) is 6.92. The summed E-state index contributed by atoms with van der Waals surface area (Å²) in [5.74, 6) is 0. The summed E-state index contributed by atoms with van der Waals surface area (Å²) < 4.78 is 27.9. The van der Waals surface area contributed by atoms with Crippen molar-refractivity contribution >= 4 is 10.0 Å². The van der Waals surface area contributed by atoms with E-state index in [1.807, 2.05) is 6.08 Å². The van der Waals surface area contributed by atoms with Gasteiger partial charge in [-0.15, -0.1) is 0 Å². The zero-order valence-electron chi connectivity index (χ0n) is 9.68. The fourth-order valence-corrected chi connectivity index (χ4v) is 2.63. The van der Waals surface area contributed by atoms with Gasteiger partial charge in [0.15, 0.2) is 5.03 Å². The van der Waals surface area contributed by atoms with Crippen molar-refractivity contribution in [2.75, 3.05) is 19.6 Å². The van der Waals surface area contributed by atoms with Crippen molar-refractivity contribution in [2.24, 2.45) is 7.05 Å². The molecule has 0 aliphatic carbocycles. The molecule has 2 heterocycles. The molecule has 1 aliphatic heterocycles. The van der Waals surface area contributed by atoms with Crippen LogP contribution in [0.1, 0.15) is 6.42 Å². The molecular weight excluding hydrogens is 240 g/mol. The fourth-order valence-electron chi connectivity index (χ4n) is 1.62. The minimum Gasteiger partial charge on any atom is -0.339 e. The number of imidazole rings is 1. The standard InChI is InChI=1S/C10H16N4O2S/c1-14-7-10(12-8-14)17(15,16)13-6-9-2-4-11-5-3-9/h2,7-8,11,13H,3-6H2,1H3. The Labute approximate surface area is 101 Å². The summed E-state index contributed by atoms with van der Waals surface area (Å²) in [5.41, 5.74) is 1.11.